The Labute approximate surface area is 254 Å². The molecule has 1 aliphatic carbocycles. The summed E-state index contributed by atoms with van der Waals surface area (Å²) >= 11 is 0. The zero-order chi connectivity index (χ0) is 30.7. The smallest absolute Gasteiger partial charge is 0.332 e. The third-order valence-corrected chi connectivity index (χ3v) is 9.13. The number of carbonyl (C=O) groups excluding carboxylic acids is 1. The van der Waals surface area contributed by atoms with E-state index in [0.717, 1.165) is 41.1 Å². The fourth-order valence-electron chi connectivity index (χ4n) is 7.05. The molecule has 0 saturated heterocycles. The molecule has 228 valence electrons. The first-order valence-corrected chi connectivity index (χ1v) is 15.3. The normalized spacial score (nSPS) is 19.1. The first-order valence-electron chi connectivity index (χ1n) is 15.3. The highest BCUT2D eigenvalue weighted by molar-refractivity contribution is 5.76. The third-order valence-electron chi connectivity index (χ3n) is 9.13. The van der Waals surface area contributed by atoms with Gasteiger partial charge in [0.15, 0.2) is 0 Å². The van der Waals surface area contributed by atoms with Crippen molar-refractivity contribution in [1.82, 2.24) is 14.5 Å². The maximum absolute atomic E-state index is 14.1. The van der Waals surface area contributed by atoms with Gasteiger partial charge in [-0.2, -0.15) is 0 Å². The van der Waals surface area contributed by atoms with Crippen LogP contribution in [-0.4, -0.2) is 53.3 Å². The summed E-state index contributed by atoms with van der Waals surface area (Å²) in [6.07, 6.45) is 2.01. The zero-order valence-electron chi connectivity index (χ0n) is 26.3. The molecule has 0 saturated carbocycles. The summed E-state index contributed by atoms with van der Waals surface area (Å²) in [5.74, 6) is 0.813. The average molecular weight is 586 g/mol. The zero-order valence-corrected chi connectivity index (χ0v) is 26.3. The van der Waals surface area contributed by atoms with Gasteiger partial charge in [0.25, 0.3) is 0 Å². The number of halogens is 1. The van der Waals surface area contributed by atoms with Gasteiger partial charge in [-0.3, -0.25) is 0 Å². The van der Waals surface area contributed by atoms with Crippen molar-refractivity contribution in [3.8, 4) is 0 Å². The molecule has 0 aliphatic heterocycles. The lowest BCUT2D eigenvalue weighted by molar-refractivity contribution is -0.172. The fourth-order valence-corrected chi connectivity index (χ4v) is 7.05. The Kier molecular flexibility index (Phi) is 9.33. The van der Waals surface area contributed by atoms with E-state index in [2.05, 4.69) is 80.7 Å². The highest BCUT2D eigenvalue weighted by Crippen LogP contribution is 2.48. The molecule has 6 nitrogen and oxygen atoms in total. The van der Waals surface area contributed by atoms with Crippen LogP contribution in [0.15, 0.2) is 66.7 Å². The first kappa shape index (κ1) is 30.9. The summed E-state index contributed by atoms with van der Waals surface area (Å²) in [6.45, 7) is 7.95. The molecule has 4 aromatic rings. The predicted molar refractivity (Wildman–Crippen MR) is 169 cm³/mol. The van der Waals surface area contributed by atoms with Gasteiger partial charge in [-0.1, -0.05) is 63.2 Å². The number of carbonyl (C=O) groups is 1. The minimum atomic E-state index is -0.687. The number of nitrogens with zero attached hydrogens (tertiary/aromatic N) is 3. The van der Waals surface area contributed by atoms with Crippen LogP contribution in [0, 0.1) is 11.7 Å². The number of fused-ring (bicyclic) bond motifs is 2. The Morgan fingerprint density at radius 1 is 1.12 bits per heavy atom. The lowest BCUT2D eigenvalue weighted by atomic mass is 9.65. The van der Waals surface area contributed by atoms with Crippen molar-refractivity contribution in [2.24, 2.45) is 13.0 Å². The van der Waals surface area contributed by atoms with Gasteiger partial charge in [0.05, 0.1) is 11.0 Å². The molecule has 3 aromatic carbocycles. The molecular weight excluding hydrogens is 541 g/mol. The molecule has 1 aromatic heterocycles. The minimum Gasteiger partial charge on any atom is -0.457 e. The first-order chi connectivity index (χ1) is 20.6. The van der Waals surface area contributed by atoms with Crippen LogP contribution in [0.25, 0.3) is 11.0 Å². The van der Waals surface area contributed by atoms with Crippen LogP contribution in [0.5, 0.6) is 0 Å². The van der Waals surface area contributed by atoms with Gasteiger partial charge in [-0.15, -0.1) is 0 Å². The van der Waals surface area contributed by atoms with E-state index in [0.29, 0.717) is 19.3 Å². The third kappa shape index (κ3) is 6.53. The van der Waals surface area contributed by atoms with Crippen LogP contribution in [-0.2, 0) is 34.3 Å². The monoisotopic (exact) mass is 585 g/mol. The SMILES string of the molecule is COCC(=O)O[C@]1(CCN(C)Cc2ccc(C(C)c3nc4ccccc4n3C)cc2)CCc2cc(F)ccc2[C@@H]1C(C)C. The maximum atomic E-state index is 14.1. The molecule has 5 rings (SSSR count). The second-order valence-electron chi connectivity index (χ2n) is 12.5. The van der Waals surface area contributed by atoms with Gasteiger partial charge in [-0.05, 0) is 72.3 Å². The Morgan fingerprint density at radius 2 is 1.86 bits per heavy atom. The molecule has 3 atom stereocenters. The van der Waals surface area contributed by atoms with Crippen molar-refractivity contribution in [2.45, 2.75) is 64.0 Å². The molecule has 0 radical (unpaired) electrons. The number of imidazole rings is 1. The number of rotatable bonds is 11. The van der Waals surface area contributed by atoms with E-state index in [-0.39, 0.29) is 36.1 Å². The molecule has 43 heavy (non-hydrogen) atoms. The molecule has 0 amide bonds. The van der Waals surface area contributed by atoms with Gasteiger partial charge in [-0.25, -0.2) is 14.2 Å². The number of para-hydroxylation sites is 2. The van der Waals surface area contributed by atoms with E-state index in [1.165, 1.54) is 24.3 Å². The molecule has 0 bridgehead atoms. The molecule has 0 fully saturated rings. The van der Waals surface area contributed by atoms with Crippen LogP contribution in [0.1, 0.15) is 73.5 Å². The van der Waals surface area contributed by atoms with Crippen molar-refractivity contribution < 1.29 is 18.7 Å². The number of aromatic nitrogens is 2. The Morgan fingerprint density at radius 3 is 2.56 bits per heavy atom. The van der Waals surface area contributed by atoms with Crippen molar-refractivity contribution >= 4 is 17.0 Å². The maximum Gasteiger partial charge on any atom is 0.332 e. The quantitative estimate of drug-likeness (QED) is 0.178. The van der Waals surface area contributed by atoms with Gasteiger partial charge < -0.3 is 18.9 Å². The van der Waals surface area contributed by atoms with Crippen LogP contribution in [0.2, 0.25) is 0 Å². The molecule has 0 spiro atoms. The number of benzene rings is 3. The number of hydrogen-bond donors (Lipinski definition) is 0. The van der Waals surface area contributed by atoms with Gasteiger partial charge in [0, 0.05) is 45.5 Å². The Hall–Kier alpha value is -3.55. The standard InChI is InChI=1S/C36H44FN3O3/c1-24(2)34-30-16-15-29(37)21-28(30)17-18-36(34,43-33(41)23-42-6)19-20-39(4)22-26-11-13-27(14-12-26)25(3)35-38-31-9-7-8-10-32(31)40(35)5/h7-16,21,24-25,34H,17-20,22-23H2,1-6H3/t25?,34-,36-/m0/s1. The number of ether oxygens (including phenoxy) is 2. The number of hydrogen-bond acceptors (Lipinski definition) is 5. The summed E-state index contributed by atoms with van der Waals surface area (Å²) in [6, 6.07) is 22.1. The largest absolute Gasteiger partial charge is 0.457 e. The summed E-state index contributed by atoms with van der Waals surface area (Å²) in [5, 5.41) is 0. The van der Waals surface area contributed by atoms with E-state index in [1.807, 2.05) is 18.2 Å². The molecule has 1 heterocycles. The van der Waals surface area contributed by atoms with Crippen molar-refractivity contribution in [3.05, 3.63) is 101 Å². The molecule has 7 heteroatoms. The molecule has 1 aliphatic rings. The van der Waals surface area contributed by atoms with Crippen LogP contribution in [0.3, 0.4) is 0 Å². The minimum absolute atomic E-state index is 0.0328. The Bertz CT molecular complexity index is 1560. The summed E-state index contributed by atoms with van der Waals surface area (Å²) < 4.78 is 27.7. The highest BCUT2D eigenvalue weighted by atomic mass is 19.1. The lowest BCUT2D eigenvalue weighted by Crippen LogP contribution is -2.49. The molecular formula is C36H44FN3O3. The lowest BCUT2D eigenvalue weighted by Gasteiger charge is -2.47. The van der Waals surface area contributed by atoms with Gasteiger partial charge in [0.2, 0.25) is 0 Å². The van der Waals surface area contributed by atoms with Crippen molar-refractivity contribution in [2.75, 3.05) is 27.3 Å². The van der Waals surface area contributed by atoms with Crippen LogP contribution in [0.4, 0.5) is 4.39 Å². The van der Waals surface area contributed by atoms with E-state index >= 15 is 0 Å². The van der Waals surface area contributed by atoms with Crippen molar-refractivity contribution in [3.63, 3.8) is 0 Å². The second kappa shape index (κ2) is 13.0. The topological polar surface area (TPSA) is 56.6 Å². The number of esters is 1. The van der Waals surface area contributed by atoms with E-state index < -0.39 is 5.60 Å². The van der Waals surface area contributed by atoms with Gasteiger partial charge >= 0.3 is 5.97 Å². The predicted octanol–water partition coefficient (Wildman–Crippen LogP) is 7.00. The van der Waals surface area contributed by atoms with Gasteiger partial charge in [0.1, 0.15) is 23.8 Å². The molecule has 1 unspecified atom stereocenters. The summed E-state index contributed by atoms with van der Waals surface area (Å²) in [5.41, 5.74) is 6.02. The van der Waals surface area contributed by atoms with E-state index in [9.17, 15) is 9.18 Å². The fraction of sp³-hybridized carbons (Fsp3) is 0.444. The Balaban J connectivity index is 1.30. The number of aryl methyl sites for hydroxylation is 2. The number of methoxy groups -OCH3 is 1. The highest BCUT2D eigenvalue weighted by Gasteiger charge is 2.47. The molecule has 0 N–H and O–H groups in total. The van der Waals surface area contributed by atoms with E-state index in [4.69, 9.17) is 14.5 Å². The summed E-state index contributed by atoms with van der Waals surface area (Å²) in [7, 11) is 5.69. The van der Waals surface area contributed by atoms with Crippen LogP contribution >= 0.6 is 0 Å². The summed E-state index contributed by atoms with van der Waals surface area (Å²) in [4.78, 5) is 20.0. The van der Waals surface area contributed by atoms with Crippen molar-refractivity contribution in [1.29, 1.82) is 0 Å². The van der Waals surface area contributed by atoms with Crippen LogP contribution < -0.4 is 0 Å². The average Bonchev–Trinajstić information content (AvgIpc) is 3.32. The van der Waals surface area contributed by atoms with E-state index in [1.54, 1.807) is 6.07 Å². The second-order valence-corrected chi connectivity index (χ2v) is 12.5.